The van der Waals surface area contributed by atoms with Crippen LogP contribution >= 0.6 is 11.6 Å². The van der Waals surface area contributed by atoms with Crippen molar-refractivity contribution in [3.05, 3.63) is 100 Å². The molecule has 2 atom stereocenters. The van der Waals surface area contributed by atoms with Gasteiger partial charge in [-0.3, -0.25) is 19.3 Å². The zero-order chi connectivity index (χ0) is 35.9. The van der Waals surface area contributed by atoms with Gasteiger partial charge >= 0.3 is 6.03 Å². The summed E-state index contributed by atoms with van der Waals surface area (Å²) in [4.78, 5) is 61.8. The summed E-state index contributed by atoms with van der Waals surface area (Å²) in [6, 6.07) is 18.8. The third-order valence-electron chi connectivity index (χ3n) is 7.65. The van der Waals surface area contributed by atoms with E-state index < -0.39 is 35.5 Å². The van der Waals surface area contributed by atoms with Crippen LogP contribution in [0, 0.1) is 19.3 Å². The van der Waals surface area contributed by atoms with E-state index in [4.69, 9.17) is 25.9 Å². The molecule has 1 saturated heterocycles. The smallest absolute Gasteiger partial charge is 0.336 e. The topological polar surface area (TPSA) is 127 Å². The molecular formula is C37H43ClN4O7. The van der Waals surface area contributed by atoms with Crippen molar-refractivity contribution in [1.82, 2.24) is 9.80 Å². The fraction of sp³-hybridized carbons (Fsp3) is 0.351. The van der Waals surface area contributed by atoms with Gasteiger partial charge in [0.15, 0.2) is 11.9 Å². The second-order valence-electron chi connectivity index (χ2n) is 12.6. The molecule has 0 radical (unpaired) electrons. The highest BCUT2D eigenvalue weighted by atomic mass is 35.5. The lowest BCUT2D eigenvalue weighted by molar-refractivity contribution is -0.142. The van der Waals surface area contributed by atoms with Crippen molar-refractivity contribution in [2.45, 2.75) is 73.8 Å². The number of nitrogens with zero attached hydrogens (tertiary/aromatic N) is 2. The first-order valence-electron chi connectivity index (χ1n) is 16.1. The Balaban J connectivity index is 1.57. The van der Waals surface area contributed by atoms with Gasteiger partial charge in [0.05, 0.1) is 17.3 Å². The molecule has 3 aromatic carbocycles. The van der Waals surface area contributed by atoms with E-state index >= 15 is 0 Å². The average molecular weight is 691 g/mol. The number of carbonyl (C=O) groups is 4. The van der Waals surface area contributed by atoms with Crippen molar-refractivity contribution in [3.63, 3.8) is 0 Å². The summed E-state index contributed by atoms with van der Waals surface area (Å²) in [5, 5.41) is 3.04. The zero-order valence-corrected chi connectivity index (χ0v) is 29.6. The Labute approximate surface area is 292 Å². The number of rotatable bonds is 14. The number of benzene rings is 3. The summed E-state index contributed by atoms with van der Waals surface area (Å²) in [5.74, 6) is -1.25. The summed E-state index contributed by atoms with van der Waals surface area (Å²) in [6.07, 6.45) is -0.507. The molecule has 4 rings (SSSR count). The standard InChI is InChI=1S/C37H43ClN4O7/c1-8-29(48-30-18-15-23(3)19-24(30)4)33(44)39-26-16-17-27(38)28(20-26)40-49-32(21-31(43)37(5,6)7)42-34(45)35(47-9-2)41(36(42)46)22-25-13-11-10-12-14-25/h10-21,29,35,40H,8-9,22H2,1-7H3,(H,39,44)/b32-21-. The predicted octanol–water partition coefficient (Wildman–Crippen LogP) is 7.38. The van der Waals surface area contributed by atoms with Gasteiger partial charge in [-0.1, -0.05) is 87.3 Å². The van der Waals surface area contributed by atoms with Gasteiger partial charge in [0.2, 0.25) is 12.1 Å². The minimum atomic E-state index is -1.24. The van der Waals surface area contributed by atoms with Gasteiger partial charge in [-0.05, 0) is 62.6 Å². The molecule has 11 nitrogen and oxygen atoms in total. The second-order valence-corrected chi connectivity index (χ2v) is 13.1. The second kappa shape index (κ2) is 16.0. The molecule has 49 heavy (non-hydrogen) atoms. The number of hydrogen-bond acceptors (Lipinski definition) is 8. The third-order valence-corrected chi connectivity index (χ3v) is 7.98. The number of hydrogen-bond donors (Lipinski definition) is 2. The lowest BCUT2D eigenvalue weighted by Gasteiger charge is -2.22. The molecule has 1 heterocycles. The molecule has 0 saturated carbocycles. The number of amides is 4. The number of carbonyl (C=O) groups excluding carboxylic acids is 4. The van der Waals surface area contributed by atoms with Crippen molar-refractivity contribution in [1.29, 1.82) is 0 Å². The molecule has 0 bridgehead atoms. The number of anilines is 2. The fourth-order valence-corrected chi connectivity index (χ4v) is 5.06. The van der Waals surface area contributed by atoms with E-state index in [0.717, 1.165) is 27.7 Å². The van der Waals surface area contributed by atoms with Crippen LogP contribution in [0.3, 0.4) is 0 Å². The Morgan fingerprint density at radius 2 is 1.71 bits per heavy atom. The van der Waals surface area contributed by atoms with Gasteiger partial charge in [0.1, 0.15) is 5.75 Å². The van der Waals surface area contributed by atoms with Crippen LogP contribution < -0.4 is 15.5 Å². The highest BCUT2D eigenvalue weighted by Crippen LogP contribution is 2.30. The maximum atomic E-state index is 13.8. The molecule has 1 aliphatic rings. The number of imide groups is 1. The summed E-state index contributed by atoms with van der Waals surface area (Å²) in [7, 11) is 0. The van der Waals surface area contributed by atoms with Gasteiger partial charge in [-0.2, -0.15) is 4.90 Å². The Hall–Kier alpha value is -4.87. The van der Waals surface area contributed by atoms with Crippen LogP contribution in [0.25, 0.3) is 0 Å². The van der Waals surface area contributed by atoms with E-state index in [1.165, 1.54) is 17.0 Å². The molecule has 0 aromatic heterocycles. The highest BCUT2D eigenvalue weighted by molar-refractivity contribution is 6.33. The lowest BCUT2D eigenvalue weighted by atomic mass is 9.91. The first-order valence-corrected chi connectivity index (χ1v) is 16.4. The molecule has 260 valence electrons. The van der Waals surface area contributed by atoms with Crippen LogP contribution in [-0.4, -0.2) is 52.4 Å². The molecule has 0 aliphatic carbocycles. The Bertz CT molecular complexity index is 1720. The van der Waals surface area contributed by atoms with Crippen molar-refractivity contribution in [2.75, 3.05) is 17.4 Å². The van der Waals surface area contributed by atoms with Crippen LogP contribution in [-0.2, 0) is 30.5 Å². The summed E-state index contributed by atoms with van der Waals surface area (Å²) in [5.41, 5.74) is 5.16. The maximum absolute atomic E-state index is 13.8. The van der Waals surface area contributed by atoms with Crippen molar-refractivity contribution in [3.8, 4) is 5.75 Å². The summed E-state index contributed by atoms with van der Waals surface area (Å²) in [6.45, 7) is 12.8. The average Bonchev–Trinajstić information content (AvgIpc) is 3.27. The molecule has 3 aromatic rings. The van der Waals surface area contributed by atoms with Gasteiger partial charge in [-0.25, -0.2) is 10.3 Å². The minimum absolute atomic E-state index is 0.0834. The third kappa shape index (κ3) is 9.18. The first-order chi connectivity index (χ1) is 23.2. The number of halogens is 1. The monoisotopic (exact) mass is 690 g/mol. The van der Waals surface area contributed by atoms with Crippen molar-refractivity contribution in [2.24, 2.45) is 5.41 Å². The Morgan fingerprint density at radius 1 is 1.00 bits per heavy atom. The largest absolute Gasteiger partial charge is 0.480 e. The molecule has 1 aliphatic heterocycles. The Kier molecular flexibility index (Phi) is 12.1. The maximum Gasteiger partial charge on any atom is 0.336 e. The van der Waals surface area contributed by atoms with Gasteiger partial charge in [0.25, 0.3) is 11.8 Å². The number of aryl methyl sites for hydroxylation is 2. The number of allylic oxidation sites excluding steroid dienone is 1. The summed E-state index contributed by atoms with van der Waals surface area (Å²) < 4.78 is 11.7. The lowest BCUT2D eigenvalue weighted by Crippen LogP contribution is -2.36. The molecule has 4 amide bonds. The minimum Gasteiger partial charge on any atom is -0.480 e. The quantitative estimate of drug-likeness (QED) is 0.0777. The van der Waals surface area contributed by atoms with Crippen molar-refractivity contribution < 1.29 is 33.5 Å². The van der Waals surface area contributed by atoms with Crippen LogP contribution in [0.5, 0.6) is 5.75 Å². The number of ketones is 1. The molecule has 2 N–H and O–H groups in total. The first kappa shape index (κ1) is 37.0. The van der Waals surface area contributed by atoms with Crippen molar-refractivity contribution >= 4 is 46.6 Å². The Morgan fingerprint density at radius 3 is 2.35 bits per heavy atom. The van der Waals surface area contributed by atoms with E-state index in [-0.39, 0.29) is 35.7 Å². The van der Waals surface area contributed by atoms with Crippen LogP contribution in [0.1, 0.15) is 57.7 Å². The highest BCUT2D eigenvalue weighted by Gasteiger charge is 2.49. The molecule has 2 unspecified atom stereocenters. The van der Waals surface area contributed by atoms with Gasteiger partial charge < -0.3 is 19.6 Å². The predicted molar refractivity (Wildman–Crippen MR) is 188 cm³/mol. The van der Waals surface area contributed by atoms with E-state index in [9.17, 15) is 19.2 Å². The molecule has 1 fully saturated rings. The summed E-state index contributed by atoms with van der Waals surface area (Å²) >= 11 is 6.47. The SMILES string of the molecule is CCOC1C(=O)N(/C(=C/C(=O)C(C)(C)C)ONc2cc(NC(=O)C(CC)Oc3ccc(C)cc3C)ccc2Cl)C(=O)N1Cc1ccccc1. The molecular weight excluding hydrogens is 648 g/mol. The van der Waals surface area contributed by atoms with Gasteiger partial charge in [0, 0.05) is 23.8 Å². The fourth-order valence-electron chi connectivity index (χ4n) is 4.91. The van der Waals surface area contributed by atoms with Crippen LogP contribution in [0.15, 0.2) is 78.7 Å². The van der Waals surface area contributed by atoms with Gasteiger partial charge in [-0.15, -0.1) is 0 Å². The zero-order valence-electron chi connectivity index (χ0n) is 28.8. The van der Waals surface area contributed by atoms with Crippen LogP contribution in [0.2, 0.25) is 5.02 Å². The normalized spacial score (nSPS) is 15.7. The molecule has 0 spiro atoms. The van der Waals surface area contributed by atoms with E-state index in [1.54, 1.807) is 33.8 Å². The van der Waals surface area contributed by atoms with E-state index in [2.05, 4.69) is 10.8 Å². The molecule has 12 heteroatoms. The van der Waals surface area contributed by atoms with Crippen LogP contribution in [0.4, 0.5) is 16.2 Å². The number of urea groups is 1. The van der Waals surface area contributed by atoms with E-state index in [1.807, 2.05) is 69.3 Å². The number of nitrogens with one attached hydrogen (secondary N) is 2. The number of ether oxygens (including phenoxy) is 2. The van der Waals surface area contributed by atoms with E-state index in [0.29, 0.717) is 17.9 Å².